The maximum absolute atomic E-state index is 12.5. The first kappa shape index (κ1) is 18.7. The summed E-state index contributed by atoms with van der Waals surface area (Å²) in [6.45, 7) is 2.87. The molecule has 0 aliphatic carbocycles. The van der Waals surface area contributed by atoms with Crippen LogP contribution in [0.1, 0.15) is 35.7 Å². The van der Waals surface area contributed by atoms with Gasteiger partial charge in [-0.05, 0) is 59.2 Å². The first-order chi connectivity index (χ1) is 13.2. The standard InChI is InChI=1S/C24H24O3/c1-3-4-15-27-22-11-5-18(6-12-22)7-14-24(25)21-9-8-20-17-23(26-2)13-10-19(20)16-21/h5-14,16-17H,3-4,15H2,1-2H3/b14-7+. The Balaban J connectivity index is 1.68. The van der Waals surface area contributed by atoms with Crippen LogP contribution in [-0.4, -0.2) is 19.5 Å². The third kappa shape index (κ3) is 4.98. The fraction of sp³-hybridized carbons (Fsp3) is 0.208. The molecule has 0 radical (unpaired) electrons. The zero-order chi connectivity index (χ0) is 19.1. The molecule has 3 heteroatoms. The number of rotatable bonds is 8. The second-order valence-electron chi connectivity index (χ2n) is 6.40. The van der Waals surface area contributed by atoms with E-state index in [1.165, 1.54) is 0 Å². The molecule has 0 aliphatic rings. The van der Waals surface area contributed by atoms with Gasteiger partial charge in [-0.1, -0.05) is 49.8 Å². The maximum Gasteiger partial charge on any atom is 0.185 e. The van der Waals surface area contributed by atoms with Gasteiger partial charge in [0.15, 0.2) is 5.78 Å². The molecule has 3 aromatic rings. The van der Waals surface area contributed by atoms with Crippen LogP contribution in [0.4, 0.5) is 0 Å². The van der Waals surface area contributed by atoms with Crippen LogP contribution in [0.5, 0.6) is 11.5 Å². The summed E-state index contributed by atoms with van der Waals surface area (Å²) < 4.78 is 10.9. The second kappa shape index (κ2) is 9.04. The molecule has 27 heavy (non-hydrogen) atoms. The Morgan fingerprint density at radius 1 is 0.926 bits per heavy atom. The zero-order valence-electron chi connectivity index (χ0n) is 15.8. The number of fused-ring (bicyclic) bond motifs is 1. The number of ketones is 1. The molecule has 0 amide bonds. The van der Waals surface area contributed by atoms with Gasteiger partial charge in [0.2, 0.25) is 0 Å². The minimum absolute atomic E-state index is 0.0176. The predicted octanol–water partition coefficient (Wildman–Crippen LogP) is 5.92. The van der Waals surface area contributed by atoms with Crippen molar-refractivity contribution in [2.75, 3.05) is 13.7 Å². The van der Waals surface area contributed by atoms with Crippen LogP contribution >= 0.6 is 0 Å². The molecule has 0 aromatic heterocycles. The Kier molecular flexibility index (Phi) is 6.26. The van der Waals surface area contributed by atoms with E-state index < -0.39 is 0 Å². The van der Waals surface area contributed by atoms with Gasteiger partial charge < -0.3 is 9.47 Å². The minimum Gasteiger partial charge on any atom is -0.497 e. The molecule has 0 bridgehead atoms. The van der Waals surface area contributed by atoms with E-state index >= 15 is 0 Å². The molecule has 3 rings (SSSR count). The van der Waals surface area contributed by atoms with Gasteiger partial charge in [0.05, 0.1) is 13.7 Å². The minimum atomic E-state index is -0.0176. The van der Waals surface area contributed by atoms with E-state index in [9.17, 15) is 4.79 Å². The van der Waals surface area contributed by atoms with E-state index in [2.05, 4.69) is 6.92 Å². The van der Waals surface area contributed by atoms with E-state index in [1.807, 2.05) is 66.7 Å². The highest BCUT2D eigenvalue weighted by atomic mass is 16.5. The van der Waals surface area contributed by atoms with Gasteiger partial charge in [0.25, 0.3) is 0 Å². The molecule has 0 unspecified atom stereocenters. The zero-order valence-corrected chi connectivity index (χ0v) is 15.8. The largest absolute Gasteiger partial charge is 0.497 e. The lowest BCUT2D eigenvalue weighted by Crippen LogP contribution is -1.96. The Hall–Kier alpha value is -3.07. The van der Waals surface area contributed by atoms with Crippen LogP contribution in [0.25, 0.3) is 16.8 Å². The number of carbonyl (C=O) groups excluding carboxylic acids is 1. The molecule has 0 N–H and O–H groups in total. The summed E-state index contributed by atoms with van der Waals surface area (Å²) in [5.41, 5.74) is 1.64. The predicted molar refractivity (Wildman–Crippen MR) is 111 cm³/mol. The molecular weight excluding hydrogens is 336 g/mol. The molecule has 138 valence electrons. The van der Waals surface area contributed by atoms with Gasteiger partial charge in [0, 0.05) is 5.56 Å². The smallest absolute Gasteiger partial charge is 0.185 e. The molecule has 0 fully saturated rings. The highest BCUT2D eigenvalue weighted by Gasteiger charge is 2.04. The second-order valence-corrected chi connectivity index (χ2v) is 6.40. The quantitative estimate of drug-likeness (QED) is 0.284. The summed E-state index contributed by atoms with van der Waals surface area (Å²) in [6, 6.07) is 19.3. The summed E-state index contributed by atoms with van der Waals surface area (Å²) in [5, 5.41) is 2.07. The Bertz CT molecular complexity index is 940. The van der Waals surface area contributed by atoms with E-state index in [4.69, 9.17) is 9.47 Å². The molecule has 0 spiro atoms. The third-order valence-corrected chi connectivity index (χ3v) is 4.41. The van der Waals surface area contributed by atoms with Gasteiger partial charge in [-0.2, -0.15) is 0 Å². The number of benzene rings is 3. The number of allylic oxidation sites excluding steroid dienone is 1. The van der Waals surface area contributed by atoms with Gasteiger partial charge in [-0.15, -0.1) is 0 Å². The average molecular weight is 360 g/mol. The van der Waals surface area contributed by atoms with Gasteiger partial charge >= 0.3 is 0 Å². The van der Waals surface area contributed by atoms with Crippen molar-refractivity contribution < 1.29 is 14.3 Å². The molecule has 3 nitrogen and oxygen atoms in total. The fourth-order valence-corrected chi connectivity index (χ4v) is 2.78. The molecule has 0 saturated heterocycles. The molecular formula is C24H24O3. The Morgan fingerprint density at radius 3 is 2.37 bits per heavy atom. The van der Waals surface area contributed by atoms with Gasteiger partial charge in [0.1, 0.15) is 11.5 Å². The van der Waals surface area contributed by atoms with Crippen molar-refractivity contribution in [3.05, 3.63) is 77.9 Å². The number of hydrogen-bond acceptors (Lipinski definition) is 3. The van der Waals surface area contributed by atoms with Crippen LogP contribution in [-0.2, 0) is 0 Å². The number of methoxy groups -OCH3 is 1. The number of hydrogen-bond donors (Lipinski definition) is 0. The molecule has 0 atom stereocenters. The normalized spacial score (nSPS) is 11.0. The van der Waals surface area contributed by atoms with Crippen LogP contribution in [0.15, 0.2) is 66.7 Å². The SMILES string of the molecule is CCCCOc1ccc(/C=C/C(=O)c2ccc3cc(OC)ccc3c2)cc1. The summed E-state index contributed by atoms with van der Waals surface area (Å²) >= 11 is 0. The van der Waals surface area contributed by atoms with Crippen molar-refractivity contribution in [1.82, 2.24) is 0 Å². The molecule has 0 aliphatic heterocycles. The van der Waals surface area contributed by atoms with Crippen molar-refractivity contribution >= 4 is 22.6 Å². The lowest BCUT2D eigenvalue weighted by Gasteiger charge is -2.05. The topological polar surface area (TPSA) is 35.5 Å². The van der Waals surface area contributed by atoms with E-state index in [0.717, 1.165) is 47.3 Å². The van der Waals surface area contributed by atoms with Crippen LogP contribution in [0, 0.1) is 0 Å². The summed E-state index contributed by atoms with van der Waals surface area (Å²) in [7, 11) is 1.65. The van der Waals surface area contributed by atoms with Crippen molar-refractivity contribution in [1.29, 1.82) is 0 Å². The third-order valence-electron chi connectivity index (χ3n) is 4.41. The van der Waals surface area contributed by atoms with Crippen LogP contribution in [0.3, 0.4) is 0 Å². The van der Waals surface area contributed by atoms with Gasteiger partial charge in [-0.25, -0.2) is 0 Å². The van der Waals surface area contributed by atoms with Crippen molar-refractivity contribution in [3.63, 3.8) is 0 Å². The van der Waals surface area contributed by atoms with E-state index in [-0.39, 0.29) is 5.78 Å². The summed E-state index contributed by atoms with van der Waals surface area (Å²) in [6.07, 6.45) is 5.61. The Labute approximate surface area is 160 Å². The highest BCUT2D eigenvalue weighted by Crippen LogP contribution is 2.22. The number of carbonyl (C=O) groups is 1. The summed E-state index contributed by atoms with van der Waals surface area (Å²) in [4.78, 5) is 12.5. The lowest BCUT2D eigenvalue weighted by atomic mass is 10.0. The van der Waals surface area contributed by atoms with Crippen molar-refractivity contribution in [2.45, 2.75) is 19.8 Å². The van der Waals surface area contributed by atoms with E-state index in [0.29, 0.717) is 5.56 Å². The lowest BCUT2D eigenvalue weighted by molar-refractivity contribution is 0.104. The van der Waals surface area contributed by atoms with Crippen LogP contribution < -0.4 is 9.47 Å². The van der Waals surface area contributed by atoms with Crippen molar-refractivity contribution in [2.24, 2.45) is 0 Å². The first-order valence-corrected chi connectivity index (χ1v) is 9.22. The Morgan fingerprint density at radius 2 is 1.63 bits per heavy atom. The maximum atomic E-state index is 12.5. The highest BCUT2D eigenvalue weighted by molar-refractivity contribution is 6.08. The fourth-order valence-electron chi connectivity index (χ4n) is 2.78. The summed E-state index contributed by atoms with van der Waals surface area (Å²) in [5.74, 6) is 1.65. The van der Waals surface area contributed by atoms with E-state index in [1.54, 1.807) is 13.2 Å². The average Bonchev–Trinajstić information content (AvgIpc) is 2.72. The van der Waals surface area contributed by atoms with Gasteiger partial charge in [-0.3, -0.25) is 4.79 Å². The monoisotopic (exact) mass is 360 g/mol. The molecule has 0 heterocycles. The van der Waals surface area contributed by atoms with Crippen molar-refractivity contribution in [3.8, 4) is 11.5 Å². The first-order valence-electron chi connectivity index (χ1n) is 9.22. The number of unbranched alkanes of at least 4 members (excludes halogenated alkanes) is 1. The molecule has 3 aromatic carbocycles. The number of ether oxygens (including phenoxy) is 2. The van der Waals surface area contributed by atoms with Crippen LogP contribution in [0.2, 0.25) is 0 Å². The molecule has 0 saturated carbocycles.